The predicted molar refractivity (Wildman–Crippen MR) is 32.6 cm³/mol. The van der Waals surface area contributed by atoms with E-state index >= 15 is 0 Å². The zero-order chi connectivity index (χ0) is 8.85. The summed E-state index contributed by atoms with van der Waals surface area (Å²) >= 11 is 0. The Balaban J connectivity index is 3.77. The monoisotopic (exact) mass is 163 g/mol. The second kappa shape index (κ2) is 4.78. The van der Waals surface area contributed by atoms with Crippen LogP contribution in [0.5, 0.6) is 0 Å². The molecule has 11 heavy (non-hydrogen) atoms. The van der Waals surface area contributed by atoms with E-state index in [0.717, 1.165) is 0 Å². The van der Waals surface area contributed by atoms with Gasteiger partial charge in [0, 0.05) is 6.42 Å². The molecule has 0 bridgehead atoms. The number of aliphatic hydroxyl groups excluding tert-OH is 2. The van der Waals surface area contributed by atoms with Crippen LogP contribution in [0.3, 0.4) is 0 Å². The van der Waals surface area contributed by atoms with Crippen LogP contribution in [0, 0.1) is 0 Å². The summed E-state index contributed by atoms with van der Waals surface area (Å²) in [6, 6.07) is 0. The second-order valence-electron chi connectivity index (χ2n) is 1.89. The van der Waals surface area contributed by atoms with E-state index in [1.165, 1.54) is 5.48 Å². The molecule has 0 aliphatic carbocycles. The van der Waals surface area contributed by atoms with Crippen LogP contribution in [-0.4, -0.2) is 39.8 Å². The summed E-state index contributed by atoms with van der Waals surface area (Å²) in [4.78, 5) is 20.7. The number of amides is 1. The van der Waals surface area contributed by atoms with Gasteiger partial charge in [-0.25, -0.2) is 5.48 Å². The molecular weight excluding hydrogens is 154 g/mol. The van der Waals surface area contributed by atoms with E-state index in [1.807, 2.05) is 0 Å². The molecule has 1 atom stereocenters. The highest BCUT2D eigenvalue weighted by Gasteiger charge is 2.17. The third kappa shape index (κ3) is 3.66. The average molecular weight is 163 g/mol. The third-order valence-corrected chi connectivity index (χ3v) is 1.01. The van der Waals surface area contributed by atoms with Gasteiger partial charge in [0.15, 0.2) is 5.78 Å². The molecule has 6 heteroatoms. The van der Waals surface area contributed by atoms with Crippen molar-refractivity contribution in [3.8, 4) is 0 Å². The van der Waals surface area contributed by atoms with Gasteiger partial charge in [-0.2, -0.15) is 0 Å². The van der Waals surface area contributed by atoms with Crippen molar-refractivity contribution in [3.05, 3.63) is 0 Å². The van der Waals surface area contributed by atoms with Gasteiger partial charge in [0.05, 0.1) is 0 Å². The van der Waals surface area contributed by atoms with Crippen LogP contribution in [0.25, 0.3) is 0 Å². The minimum atomic E-state index is -1.60. The minimum Gasteiger partial charge on any atom is -0.389 e. The fourth-order valence-electron chi connectivity index (χ4n) is 0.447. The first-order valence-electron chi connectivity index (χ1n) is 2.86. The van der Waals surface area contributed by atoms with E-state index < -0.39 is 30.8 Å². The average Bonchev–Trinajstić information content (AvgIpc) is 2.02. The first kappa shape index (κ1) is 10.0. The van der Waals surface area contributed by atoms with Crippen LogP contribution in [-0.2, 0) is 9.59 Å². The van der Waals surface area contributed by atoms with Crippen LogP contribution < -0.4 is 5.48 Å². The topological polar surface area (TPSA) is 107 Å². The highest BCUT2D eigenvalue weighted by Crippen LogP contribution is 1.91. The Kier molecular flexibility index (Phi) is 4.35. The third-order valence-electron chi connectivity index (χ3n) is 1.01. The Morgan fingerprint density at radius 3 is 2.36 bits per heavy atom. The number of carbonyl (C=O) groups is 2. The van der Waals surface area contributed by atoms with Gasteiger partial charge in [0.25, 0.3) is 5.91 Å². The van der Waals surface area contributed by atoms with Gasteiger partial charge in [0.2, 0.25) is 0 Å². The molecule has 64 valence electrons. The van der Waals surface area contributed by atoms with Gasteiger partial charge in [-0.05, 0) is 0 Å². The number of Topliss-reactive ketones (excluding diaryl/α,β-unsaturated/α-hetero) is 1. The van der Waals surface area contributed by atoms with Crippen LogP contribution in [0.4, 0.5) is 0 Å². The molecule has 1 amide bonds. The molecule has 0 saturated carbocycles. The number of rotatable bonds is 4. The van der Waals surface area contributed by atoms with Gasteiger partial charge < -0.3 is 10.2 Å². The fraction of sp³-hybridized carbons (Fsp3) is 0.600. The lowest BCUT2D eigenvalue weighted by molar-refractivity contribution is -0.141. The Labute approximate surface area is 62.4 Å². The molecule has 0 aromatic rings. The Morgan fingerprint density at radius 2 is 2.00 bits per heavy atom. The summed E-state index contributed by atoms with van der Waals surface area (Å²) in [5.74, 6) is -1.73. The Bertz CT molecular complexity index is 157. The first-order valence-corrected chi connectivity index (χ1v) is 2.86. The fourth-order valence-corrected chi connectivity index (χ4v) is 0.447. The van der Waals surface area contributed by atoms with Crippen LogP contribution >= 0.6 is 0 Å². The molecule has 0 heterocycles. The van der Waals surface area contributed by atoms with E-state index in [9.17, 15) is 9.59 Å². The lowest BCUT2D eigenvalue weighted by Gasteiger charge is -2.04. The van der Waals surface area contributed by atoms with Crippen molar-refractivity contribution in [2.45, 2.75) is 12.5 Å². The summed E-state index contributed by atoms with van der Waals surface area (Å²) in [6.45, 7) is -0.726. The van der Waals surface area contributed by atoms with Gasteiger partial charge in [-0.3, -0.25) is 14.8 Å². The molecule has 0 aromatic heterocycles. The van der Waals surface area contributed by atoms with E-state index in [0.29, 0.717) is 0 Å². The number of hydroxylamine groups is 1. The van der Waals surface area contributed by atoms with Crippen molar-refractivity contribution in [1.29, 1.82) is 0 Å². The van der Waals surface area contributed by atoms with Gasteiger partial charge in [-0.1, -0.05) is 0 Å². The van der Waals surface area contributed by atoms with Crippen molar-refractivity contribution in [3.63, 3.8) is 0 Å². The van der Waals surface area contributed by atoms with Gasteiger partial charge >= 0.3 is 0 Å². The normalized spacial score (nSPS) is 12.3. The molecule has 0 aromatic carbocycles. The summed E-state index contributed by atoms with van der Waals surface area (Å²) in [6.07, 6.45) is -2.09. The number of hydrogen-bond donors (Lipinski definition) is 4. The van der Waals surface area contributed by atoms with Crippen molar-refractivity contribution < 1.29 is 25.0 Å². The van der Waals surface area contributed by atoms with E-state index in [1.54, 1.807) is 0 Å². The molecule has 6 nitrogen and oxygen atoms in total. The molecule has 1 unspecified atom stereocenters. The van der Waals surface area contributed by atoms with Crippen LogP contribution in [0.1, 0.15) is 6.42 Å². The molecule has 0 rings (SSSR count). The highest BCUT2D eigenvalue weighted by molar-refractivity contribution is 5.88. The standard InChI is InChI=1S/C5H9NO5/c7-2-3(8)1-4(9)5(10)6-11/h4,7,9,11H,1-2H2,(H,6,10). The molecule has 0 saturated heterocycles. The lowest BCUT2D eigenvalue weighted by atomic mass is 10.2. The molecule has 0 spiro atoms. The molecule has 0 fully saturated rings. The minimum absolute atomic E-state index is 0.497. The Hall–Kier alpha value is -0.980. The molecular formula is C5H9NO5. The lowest BCUT2D eigenvalue weighted by Crippen LogP contribution is -2.34. The first-order chi connectivity index (χ1) is 5.11. The summed E-state index contributed by atoms with van der Waals surface area (Å²) in [7, 11) is 0. The Morgan fingerprint density at radius 1 is 1.45 bits per heavy atom. The second-order valence-corrected chi connectivity index (χ2v) is 1.89. The van der Waals surface area contributed by atoms with Crippen molar-refractivity contribution in [1.82, 2.24) is 5.48 Å². The molecule has 0 aliphatic rings. The number of hydrogen-bond acceptors (Lipinski definition) is 5. The number of carbonyl (C=O) groups excluding carboxylic acids is 2. The number of nitrogens with one attached hydrogen (secondary N) is 1. The SMILES string of the molecule is O=C(CO)CC(O)C(=O)NO. The largest absolute Gasteiger partial charge is 0.389 e. The van der Waals surface area contributed by atoms with Gasteiger partial charge in [-0.15, -0.1) is 0 Å². The zero-order valence-electron chi connectivity index (χ0n) is 5.65. The molecule has 4 N–H and O–H groups in total. The summed E-state index contributed by atoms with van der Waals surface area (Å²) in [5.41, 5.74) is 1.17. The zero-order valence-corrected chi connectivity index (χ0v) is 5.65. The maximum atomic E-state index is 10.4. The number of ketones is 1. The predicted octanol–water partition coefficient (Wildman–Crippen LogP) is -2.20. The highest BCUT2D eigenvalue weighted by atomic mass is 16.5. The summed E-state index contributed by atoms with van der Waals surface area (Å²) in [5, 5.41) is 24.9. The van der Waals surface area contributed by atoms with Crippen LogP contribution in [0.2, 0.25) is 0 Å². The number of aliphatic hydroxyl groups is 2. The van der Waals surface area contributed by atoms with Crippen molar-refractivity contribution in [2.24, 2.45) is 0 Å². The molecule has 0 aliphatic heterocycles. The van der Waals surface area contributed by atoms with E-state index in [-0.39, 0.29) is 0 Å². The van der Waals surface area contributed by atoms with Crippen molar-refractivity contribution in [2.75, 3.05) is 6.61 Å². The maximum Gasteiger partial charge on any atom is 0.272 e. The van der Waals surface area contributed by atoms with Crippen molar-refractivity contribution >= 4 is 11.7 Å². The van der Waals surface area contributed by atoms with E-state index in [2.05, 4.69) is 0 Å². The quantitative estimate of drug-likeness (QED) is 0.278. The van der Waals surface area contributed by atoms with Gasteiger partial charge in [0.1, 0.15) is 12.7 Å². The van der Waals surface area contributed by atoms with Crippen LogP contribution in [0.15, 0.2) is 0 Å². The maximum absolute atomic E-state index is 10.4. The molecule has 0 radical (unpaired) electrons. The van der Waals surface area contributed by atoms with E-state index in [4.69, 9.17) is 15.4 Å². The summed E-state index contributed by atoms with van der Waals surface area (Å²) < 4.78 is 0. The smallest absolute Gasteiger partial charge is 0.272 e.